The van der Waals surface area contributed by atoms with Crippen LogP contribution >= 0.6 is 23.2 Å². The maximum atomic E-state index is 13.0. The Labute approximate surface area is 210 Å². The van der Waals surface area contributed by atoms with Gasteiger partial charge in [0.2, 0.25) is 0 Å². The smallest absolute Gasteiger partial charge is 0.406 e. The number of rotatable bonds is 5. The molecule has 2 aromatic carbocycles. The number of alkyl halides is 3. The first-order valence-corrected chi connectivity index (χ1v) is 11.7. The molecule has 0 spiro atoms. The predicted molar refractivity (Wildman–Crippen MR) is 131 cm³/mol. The van der Waals surface area contributed by atoms with Gasteiger partial charge in [0.1, 0.15) is 10.8 Å². The summed E-state index contributed by atoms with van der Waals surface area (Å²) in [6, 6.07) is 10.8. The number of nitrogens with zero attached hydrogens (tertiary/aromatic N) is 3. The highest BCUT2D eigenvalue weighted by atomic mass is 35.5. The van der Waals surface area contributed by atoms with Gasteiger partial charge in [-0.2, -0.15) is 0 Å². The van der Waals surface area contributed by atoms with Gasteiger partial charge < -0.3 is 4.74 Å². The highest BCUT2D eigenvalue weighted by molar-refractivity contribution is 6.31. The Morgan fingerprint density at radius 2 is 1.77 bits per heavy atom. The van der Waals surface area contributed by atoms with Crippen molar-refractivity contribution in [3.8, 4) is 11.4 Å². The first-order chi connectivity index (χ1) is 16.5. The Kier molecular flexibility index (Phi) is 7.09. The normalized spacial score (nSPS) is 15.7. The Morgan fingerprint density at radius 1 is 1.09 bits per heavy atom. The van der Waals surface area contributed by atoms with Gasteiger partial charge in [-0.05, 0) is 73.4 Å². The molecule has 10 heteroatoms. The van der Waals surface area contributed by atoms with E-state index in [4.69, 9.17) is 23.2 Å². The van der Waals surface area contributed by atoms with Gasteiger partial charge in [-0.15, -0.1) is 13.2 Å². The fourth-order valence-electron chi connectivity index (χ4n) is 4.52. The average molecular weight is 526 g/mol. The zero-order valence-electron chi connectivity index (χ0n) is 19.4. The minimum atomic E-state index is -4.79. The van der Waals surface area contributed by atoms with E-state index in [0.717, 1.165) is 36.2 Å². The number of aryl methyl sites for hydroxylation is 1. The molecule has 1 atom stereocenters. The summed E-state index contributed by atoms with van der Waals surface area (Å²) in [4.78, 5) is 15.2. The molecule has 0 N–H and O–H groups in total. The molecule has 0 bridgehead atoms. The monoisotopic (exact) mass is 525 g/mol. The van der Waals surface area contributed by atoms with Crippen LogP contribution in [0.15, 0.2) is 53.3 Å². The van der Waals surface area contributed by atoms with Gasteiger partial charge in [0.15, 0.2) is 0 Å². The van der Waals surface area contributed by atoms with Crippen LogP contribution in [0.5, 0.6) is 5.75 Å². The average Bonchev–Trinajstić information content (AvgIpc) is 3.03. The SMILES string of the molecule is Cc1ccc(Cl)cc1C1=CCN(C(C)c2c(Cl)c(=O)n(-c3ccc(OC(F)(F)F)cc3)n2C)CC1. The summed E-state index contributed by atoms with van der Waals surface area (Å²) in [5, 5.41) is 0.777. The van der Waals surface area contributed by atoms with E-state index >= 15 is 0 Å². The van der Waals surface area contributed by atoms with Gasteiger partial charge in [-0.1, -0.05) is 35.3 Å². The topological polar surface area (TPSA) is 39.4 Å². The highest BCUT2D eigenvalue weighted by Crippen LogP contribution is 2.33. The first-order valence-electron chi connectivity index (χ1n) is 11.0. The molecule has 0 saturated heterocycles. The maximum absolute atomic E-state index is 13.0. The summed E-state index contributed by atoms with van der Waals surface area (Å²) in [6.07, 6.45) is -1.80. The van der Waals surface area contributed by atoms with Crippen LogP contribution in [0.3, 0.4) is 0 Å². The molecule has 0 fully saturated rings. The fraction of sp³-hybridized carbons (Fsp3) is 0.320. The van der Waals surface area contributed by atoms with Crippen molar-refractivity contribution < 1.29 is 17.9 Å². The zero-order valence-corrected chi connectivity index (χ0v) is 20.9. The molecular formula is C25H24Cl2F3N3O2. The molecule has 0 aliphatic carbocycles. The number of benzene rings is 2. The van der Waals surface area contributed by atoms with Crippen LogP contribution in [0.2, 0.25) is 10.0 Å². The van der Waals surface area contributed by atoms with Gasteiger partial charge in [-0.25, -0.2) is 4.68 Å². The Balaban J connectivity index is 1.58. The molecule has 5 nitrogen and oxygen atoms in total. The van der Waals surface area contributed by atoms with Crippen molar-refractivity contribution in [3.63, 3.8) is 0 Å². The van der Waals surface area contributed by atoms with E-state index in [2.05, 4.69) is 22.6 Å². The summed E-state index contributed by atoms with van der Waals surface area (Å²) >= 11 is 12.7. The first kappa shape index (κ1) is 25.4. The van der Waals surface area contributed by atoms with E-state index in [1.165, 1.54) is 22.4 Å². The molecule has 2 heterocycles. The van der Waals surface area contributed by atoms with Crippen LogP contribution in [0.4, 0.5) is 13.2 Å². The van der Waals surface area contributed by atoms with E-state index in [9.17, 15) is 18.0 Å². The quantitative estimate of drug-likeness (QED) is 0.379. The zero-order chi connectivity index (χ0) is 25.5. The largest absolute Gasteiger partial charge is 0.573 e. The van der Waals surface area contributed by atoms with Crippen LogP contribution < -0.4 is 10.3 Å². The molecule has 1 aliphatic heterocycles. The molecule has 0 amide bonds. The highest BCUT2D eigenvalue weighted by Gasteiger charge is 2.31. The van der Waals surface area contributed by atoms with Crippen LogP contribution in [0.25, 0.3) is 11.3 Å². The van der Waals surface area contributed by atoms with Crippen molar-refractivity contribution in [3.05, 3.63) is 85.8 Å². The molecule has 0 radical (unpaired) electrons. The summed E-state index contributed by atoms with van der Waals surface area (Å²) in [5.74, 6) is -0.367. The summed E-state index contributed by atoms with van der Waals surface area (Å²) in [6.45, 7) is 5.47. The molecular weight excluding hydrogens is 502 g/mol. The van der Waals surface area contributed by atoms with Crippen molar-refractivity contribution in [2.75, 3.05) is 13.1 Å². The van der Waals surface area contributed by atoms with E-state index in [0.29, 0.717) is 22.9 Å². The standard InChI is InChI=1S/C25H24Cl2F3N3O2/c1-15-4-5-18(26)14-21(15)17-10-12-32(13-11-17)16(2)23-22(27)24(34)33(31(23)3)19-6-8-20(9-7-19)35-25(28,29)30/h4-10,14,16H,11-13H2,1-3H3. The molecule has 0 saturated carbocycles. The van der Waals surface area contributed by atoms with Crippen LogP contribution in [-0.4, -0.2) is 33.7 Å². The minimum absolute atomic E-state index is 0.0797. The fourth-order valence-corrected chi connectivity index (χ4v) is 5.05. The Bertz CT molecular complexity index is 1330. The lowest BCUT2D eigenvalue weighted by molar-refractivity contribution is -0.274. The second kappa shape index (κ2) is 9.76. The van der Waals surface area contributed by atoms with Crippen LogP contribution in [0.1, 0.15) is 36.2 Å². The lowest BCUT2D eigenvalue weighted by Crippen LogP contribution is -2.32. The molecule has 1 unspecified atom stereocenters. The van der Waals surface area contributed by atoms with Crippen molar-refractivity contribution in [1.82, 2.24) is 14.3 Å². The molecule has 186 valence electrons. The Morgan fingerprint density at radius 3 is 2.37 bits per heavy atom. The molecule has 35 heavy (non-hydrogen) atoms. The number of ether oxygens (including phenoxy) is 1. The second-order valence-corrected chi connectivity index (χ2v) is 9.31. The van der Waals surface area contributed by atoms with Crippen LogP contribution in [0, 0.1) is 6.92 Å². The summed E-state index contributed by atoms with van der Waals surface area (Å²) in [5.41, 5.74) is 4.10. The third-order valence-electron chi connectivity index (χ3n) is 6.30. The Hall–Kier alpha value is -2.68. The van der Waals surface area contributed by atoms with Crippen molar-refractivity contribution in [2.24, 2.45) is 7.05 Å². The lowest BCUT2D eigenvalue weighted by Gasteiger charge is -2.32. The van der Waals surface area contributed by atoms with Gasteiger partial charge >= 0.3 is 6.36 Å². The number of hydrogen-bond acceptors (Lipinski definition) is 3. The number of halogens is 5. The number of hydrogen-bond donors (Lipinski definition) is 0. The summed E-state index contributed by atoms with van der Waals surface area (Å²) in [7, 11) is 1.71. The molecule has 3 aromatic rings. The van der Waals surface area contributed by atoms with Gasteiger partial charge in [0.25, 0.3) is 5.56 Å². The van der Waals surface area contributed by atoms with E-state index in [1.54, 1.807) is 11.7 Å². The molecule has 1 aliphatic rings. The van der Waals surface area contributed by atoms with Crippen molar-refractivity contribution >= 4 is 28.8 Å². The van der Waals surface area contributed by atoms with Gasteiger partial charge in [0.05, 0.1) is 17.4 Å². The van der Waals surface area contributed by atoms with Crippen molar-refractivity contribution in [2.45, 2.75) is 32.7 Å². The predicted octanol–water partition coefficient (Wildman–Crippen LogP) is 6.54. The lowest BCUT2D eigenvalue weighted by atomic mass is 9.95. The van der Waals surface area contributed by atoms with Gasteiger partial charge in [-0.3, -0.25) is 14.4 Å². The second-order valence-electron chi connectivity index (χ2n) is 8.49. The van der Waals surface area contributed by atoms with E-state index in [1.807, 2.05) is 25.1 Å². The van der Waals surface area contributed by atoms with Gasteiger partial charge in [0, 0.05) is 25.2 Å². The molecule has 1 aromatic heterocycles. The third-order valence-corrected chi connectivity index (χ3v) is 6.89. The van der Waals surface area contributed by atoms with E-state index < -0.39 is 11.9 Å². The third kappa shape index (κ3) is 5.29. The van der Waals surface area contributed by atoms with Crippen LogP contribution in [-0.2, 0) is 7.05 Å². The molecule has 4 rings (SSSR count). The van der Waals surface area contributed by atoms with Crippen molar-refractivity contribution in [1.29, 1.82) is 0 Å². The maximum Gasteiger partial charge on any atom is 0.573 e. The minimum Gasteiger partial charge on any atom is -0.406 e. The van der Waals surface area contributed by atoms with E-state index in [-0.39, 0.29) is 16.8 Å². The summed E-state index contributed by atoms with van der Waals surface area (Å²) < 4.78 is 44.3. The number of aromatic nitrogens is 2.